The molecule has 0 radical (unpaired) electrons. The molecular formula is C20H15FN2O2S. The van der Waals surface area contributed by atoms with Crippen LogP contribution < -0.4 is 11.0 Å². The van der Waals surface area contributed by atoms with Gasteiger partial charge >= 0.3 is 0 Å². The minimum Gasteiger partial charge on any atom is -0.288 e. The molecule has 4 nitrogen and oxygen atoms in total. The van der Waals surface area contributed by atoms with Gasteiger partial charge in [0.15, 0.2) is 0 Å². The van der Waals surface area contributed by atoms with Gasteiger partial charge in [0.1, 0.15) is 21.9 Å². The molecule has 2 heterocycles. The van der Waals surface area contributed by atoms with E-state index in [0.29, 0.717) is 21.7 Å². The van der Waals surface area contributed by atoms with E-state index in [2.05, 4.69) is 4.98 Å². The lowest BCUT2D eigenvalue weighted by molar-refractivity contribution is 0.624. The maximum absolute atomic E-state index is 13.7. The highest BCUT2D eigenvalue weighted by Crippen LogP contribution is 2.24. The van der Waals surface area contributed by atoms with Crippen molar-refractivity contribution in [2.45, 2.75) is 19.8 Å². The van der Waals surface area contributed by atoms with Gasteiger partial charge in [-0.1, -0.05) is 32.0 Å². The molecule has 0 aliphatic carbocycles. The highest BCUT2D eigenvalue weighted by molar-refractivity contribution is 7.24. The van der Waals surface area contributed by atoms with Gasteiger partial charge in [-0.2, -0.15) is 0 Å². The summed E-state index contributed by atoms with van der Waals surface area (Å²) in [6.07, 6.45) is 0. The van der Waals surface area contributed by atoms with E-state index in [1.54, 1.807) is 18.2 Å². The zero-order valence-corrected chi connectivity index (χ0v) is 15.0. The van der Waals surface area contributed by atoms with E-state index in [-0.39, 0.29) is 16.7 Å². The summed E-state index contributed by atoms with van der Waals surface area (Å²) in [6.45, 7) is 3.82. The molecule has 0 atom stereocenters. The van der Waals surface area contributed by atoms with Gasteiger partial charge in [-0.05, 0) is 30.3 Å². The Morgan fingerprint density at radius 2 is 1.85 bits per heavy atom. The van der Waals surface area contributed by atoms with E-state index >= 15 is 0 Å². The van der Waals surface area contributed by atoms with E-state index in [1.165, 1.54) is 34.1 Å². The zero-order valence-electron chi connectivity index (χ0n) is 14.2. The fourth-order valence-electron chi connectivity index (χ4n) is 3.02. The predicted molar refractivity (Wildman–Crippen MR) is 103 cm³/mol. The molecule has 130 valence electrons. The van der Waals surface area contributed by atoms with Crippen LogP contribution in [0.5, 0.6) is 0 Å². The standard InChI is InChI=1S/C20H15FN2O2S/c1-11(2)18-22-19-16(17(24)14-8-3-4-9-15(14)26-19)20(25)23(18)13-7-5-6-12(21)10-13/h3-11H,1-2H3. The van der Waals surface area contributed by atoms with Crippen LogP contribution in [0.15, 0.2) is 58.1 Å². The van der Waals surface area contributed by atoms with Crippen molar-refractivity contribution in [2.24, 2.45) is 0 Å². The average molecular weight is 366 g/mol. The van der Waals surface area contributed by atoms with Gasteiger partial charge in [0, 0.05) is 16.0 Å². The lowest BCUT2D eigenvalue weighted by Crippen LogP contribution is -2.28. The van der Waals surface area contributed by atoms with Crippen molar-refractivity contribution in [1.29, 1.82) is 0 Å². The van der Waals surface area contributed by atoms with E-state index in [9.17, 15) is 14.0 Å². The molecule has 4 rings (SSSR count). The summed E-state index contributed by atoms with van der Waals surface area (Å²) in [4.78, 5) is 31.2. The average Bonchev–Trinajstić information content (AvgIpc) is 2.61. The second-order valence-electron chi connectivity index (χ2n) is 6.35. The fraction of sp³-hybridized carbons (Fsp3) is 0.150. The van der Waals surface area contributed by atoms with Crippen LogP contribution in [-0.2, 0) is 0 Å². The number of hydrogen-bond acceptors (Lipinski definition) is 4. The first kappa shape index (κ1) is 16.6. The van der Waals surface area contributed by atoms with E-state index in [0.717, 1.165) is 4.70 Å². The van der Waals surface area contributed by atoms with Crippen molar-refractivity contribution in [2.75, 3.05) is 0 Å². The Morgan fingerprint density at radius 1 is 1.08 bits per heavy atom. The normalized spacial score (nSPS) is 11.5. The summed E-state index contributed by atoms with van der Waals surface area (Å²) in [6, 6.07) is 12.9. The van der Waals surface area contributed by atoms with Gasteiger partial charge < -0.3 is 0 Å². The number of halogens is 1. The second-order valence-corrected chi connectivity index (χ2v) is 7.38. The number of hydrogen-bond donors (Lipinski definition) is 0. The Hall–Kier alpha value is -2.86. The highest BCUT2D eigenvalue weighted by atomic mass is 32.1. The summed E-state index contributed by atoms with van der Waals surface area (Å²) in [5.41, 5.74) is -0.436. The number of benzene rings is 2. The van der Waals surface area contributed by atoms with E-state index in [1.807, 2.05) is 26.0 Å². The van der Waals surface area contributed by atoms with Crippen molar-refractivity contribution in [3.8, 4) is 5.69 Å². The lowest BCUT2D eigenvalue weighted by Gasteiger charge is -2.15. The van der Waals surface area contributed by atoms with Crippen molar-refractivity contribution in [3.05, 3.63) is 80.7 Å². The smallest absolute Gasteiger partial charge is 0.270 e. The maximum Gasteiger partial charge on any atom is 0.270 e. The predicted octanol–water partition coefficient (Wildman–Crippen LogP) is 4.22. The van der Waals surface area contributed by atoms with Gasteiger partial charge in [-0.15, -0.1) is 11.3 Å². The fourth-order valence-corrected chi connectivity index (χ4v) is 4.07. The molecule has 0 saturated carbocycles. The van der Waals surface area contributed by atoms with Crippen molar-refractivity contribution < 1.29 is 4.39 Å². The van der Waals surface area contributed by atoms with Crippen LogP contribution in [0, 0.1) is 5.82 Å². The lowest BCUT2D eigenvalue weighted by atomic mass is 10.1. The third-order valence-corrected chi connectivity index (χ3v) is 5.29. The molecule has 0 amide bonds. The quantitative estimate of drug-likeness (QED) is 0.499. The van der Waals surface area contributed by atoms with E-state index < -0.39 is 11.4 Å². The topological polar surface area (TPSA) is 52.0 Å². The number of rotatable bonds is 2. The monoisotopic (exact) mass is 366 g/mol. The molecule has 0 saturated heterocycles. The molecule has 6 heteroatoms. The molecule has 0 aliphatic heterocycles. The zero-order chi connectivity index (χ0) is 18.4. The third-order valence-electron chi connectivity index (χ3n) is 4.22. The van der Waals surface area contributed by atoms with Gasteiger partial charge in [0.2, 0.25) is 5.43 Å². The number of fused-ring (bicyclic) bond motifs is 2. The number of aromatic nitrogens is 2. The summed E-state index contributed by atoms with van der Waals surface area (Å²) >= 11 is 1.32. The molecule has 0 fully saturated rings. The van der Waals surface area contributed by atoms with Gasteiger partial charge in [0.05, 0.1) is 5.69 Å². The summed E-state index contributed by atoms with van der Waals surface area (Å²) in [7, 11) is 0. The Morgan fingerprint density at radius 3 is 2.58 bits per heavy atom. The molecule has 0 bridgehead atoms. The van der Waals surface area contributed by atoms with Crippen LogP contribution in [0.4, 0.5) is 4.39 Å². The minimum absolute atomic E-state index is 0.0439. The van der Waals surface area contributed by atoms with Crippen molar-refractivity contribution >= 4 is 31.6 Å². The van der Waals surface area contributed by atoms with Crippen LogP contribution in [-0.4, -0.2) is 9.55 Å². The van der Waals surface area contributed by atoms with Crippen LogP contribution in [0.3, 0.4) is 0 Å². The largest absolute Gasteiger partial charge is 0.288 e. The molecule has 0 unspecified atom stereocenters. The Bertz CT molecular complexity index is 1270. The van der Waals surface area contributed by atoms with Crippen molar-refractivity contribution in [1.82, 2.24) is 9.55 Å². The van der Waals surface area contributed by atoms with Crippen LogP contribution in [0.25, 0.3) is 26.0 Å². The molecule has 2 aromatic heterocycles. The number of nitrogens with zero attached hydrogens (tertiary/aromatic N) is 2. The molecule has 0 aliphatic rings. The van der Waals surface area contributed by atoms with Crippen LogP contribution in [0.2, 0.25) is 0 Å². The van der Waals surface area contributed by atoms with Gasteiger partial charge in [-0.3, -0.25) is 14.2 Å². The molecule has 2 aromatic carbocycles. The van der Waals surface area contributed by atoms with Crippen LogP contribution >= 0.6 is 11.3 Å². The first-order valence-electron chi connectivity index (χ1n) is 8.22. The maximum atomic E-state index is 13.7. The summed E-state index contributed by atoms with van der Waals surface area (Å²) < 4.78 is 15.9. The first-order valence-corrected chi connectivity index (χ1v) is 9.03. The SMILES string of the molecule is CC(C)c1nc2sc3ccccc3c(=O)c2c(=O)n1-c1cccc(F)c1. The minimum atomic E-state index is -0.462. The summed E-state index contributed by atoms with van der Waals surface area (Å²) in [5, 5.41) is 0.536. The molecule has 0 N–H and O–H groups in total. The Balaban J connectivity index is 2.21. The van der Waals surface area contributed by atoms with Crippen LogP contribution in [0.1, 0.15) is 25.6 Å². The van der Waals surface area contributed by atoms with E-state index in [4.69, 9.17) is 0 Å². The Kier molecular flexibility index (Phi) is 3.92. The molecule has 26 heavy (non-hydrogen) atoms. The van der Waals surface area contributed by atoms with Gasteiger partial charge in [-0.25, -0.2) is 9.37 Å². The molecule has 4 aromatic rings. The Labute approximate surface area is 152 Å². The van der Waals surface area contributed by atoms with Gasteiger partial charge in [0.25, 0.3) is 5.56 Å². The summed E-state index contributed by atoms with van der Waals surface area (Å²) in [5.74, 6) is -0.0314. The third kappa shape index (κ3) is 2.54. The van der Waals surface area contributed by atoms with Crippen molar-refractivity contribution in [3.63, 3.8) is 0 Å². The first-order chi connectivity index (χ1) is 12.5. The second kappa shape index (κ2) is 6.14. The highest BCUT2D eigenvalue weighted by Gasteiger charge is 2.19. The molecule has 0 spiro atoms. The molecular weight excluding hydrogens is 351 g/mol.